The molecule has 1 atom stereocenters. The Morgan fingerprint density at radius 3 is 2.47 bits per heavy atom. The molecular weight excluding hydrogens is 236 g/mol. The summed E-state index contributed by atoms with van der Waals surface area (Å²) in [6, 6.07) is 0. The van der Waals surface area contributed by atoms with Gasteiger partial charge in [0.05, 0.1) is 12.0 Å². The summed E-state index contributed by atoms with van der Waals surface area (Å²) in [5.41, 5.74) is 0.642. The molecule has 0 aromatic heterocycles. The molecule has 1 unspecified atom stereocenters. The molecule has 0 aromatic carbocycles. The molecule has 2 nitrogen and oxygen atoms in total. The number of rotatable bonds is 10. The number of ketones is 1. The van der Waals surface area contributed by atoms with Crippen molar-refractivity contribution in [2.45, 2.75) is 58.8 Å². The van der Waals surface area contributed by atoms with E-state index in [1.807, 2.05) is 25.2 Å². The van der Waals surface area contributed by atoms with Crippen LogP contribution in [0.25, 0.3) is 0 Å². The molecule has 0 spiro atoms. The molecule has 0 saturated carbocycles. The summed E-state index contributed by atoms with van der Waals surface area (Å²) in [6.45, 7) is 4.72. The van der Waals surface area contributed by atoms with E-state index in [0.29, 0.717) is 18.8 Å². The van der Waals surface area contributed by atoms with Crippen LogP contribution >= 0.6 is 0 Å². The van der Waals surface area contributed by atoms with Crippen molar-refractivity contribution in [3.63, 3.8) is 0 Å². The van der Waals surface area contributed by atoms with E-state index in [-0.39, 0.29) is 0 Å². The summed E-state index contributed by atoms with van der Waals surface area (Å²) in [6.07, 6.45) is 14.0. The standard InChI is InChI=1S/C17H28O2/c1-4-5-6-7-8-9-12-16(18)17(14-19-3)13-10-11-15(17)2/h10-11,13H,4-9,12,14H2,1-3H3. The van der Waals surface area contributed by atoms with Crippen molar-refractivity contribution < 1.29 is 9.53 Å². The number of carbonyl (C=O) groups excluding carboxylic acids is 1. The number of hydrogen-bond acceptors (Lipinski definition) is 2. The van der Waals surface area contributed by atoms with Crippen molar-refractivity contribution >= 4 is 5.78 Å². The highest BCUT2D eigenvalue weighted by atomic mass is 16.5. The lowest BCUT2D eigenvalue weighted by atomic mass is 9.78. The van der Waals surface area contributed by atoms with Crippen LogP contribution < -0.4 is 0 Å². The average molecular weight is 264 g/mol. The number of allylic oxidation sites excluding steroid dienone is 2. The molecule has 0 bridgehead atoms. The van der Waals surface area contributed by atoms with Crippen LogP contribution in [0.15, 0.2) is 23.8 Å². The van der Waals surface area contributed by atoms with Crippen molar-refractivity contribution in [1.29, 1.82) is 0 Å². The van der Waals surface area contributed by atoms with E-state index in [4.69, 9.17) is 4.74 Å². The first kappa shape index (κ1) is 16.2. The molecule has 19 heavy (non-hydrogen) atoms. The molecule has 0 amide bonds. The number of hydrogen-bond donors (Lipinski definition) is 0. The Morgan fingerprint density at radius 1 is 1.21 bits per heavy atom. The molecule has 1 aliphatic rings. The van der Waals surface area contributed by atoms with Crippen LogP contribution in [-0.4, -0.2) is 19.5 Å². The van der Waals surface area contributed by atoms with E-state index in [1.165, 1.54) is 32.1 Å². The van der Waals surface area contributed by atoms with E-state index < -0.39 is 5.41 Å². The zero-order chi connectivity index (χ0) is 14.1. The Hall–Kier alpha value is -0.890. The molecule has 0 aromatic rings. The quantitative estimate of drug-likeness (QED) is 0.545. The first-order valence-electron chi connectivity index (χ1n) is 7.56. The van der Waals surface area contributed by atoms with Crippen LogP contribution in [0.5, 0.6) is 0 Å². The maximum atomic E-state index is 12.5. The predicted molar refractivity (Wildman–Crippen MR) is 80.2 cm³/mol. The molecular formula is C17H28O2. The summed E-state index contributed by atoms with van der Waals surface area (Å²) < 4.78 is 5.27. The number of ether oxygens (including phenoxy) is 1. The molecule has 0 N–H and O–H groups in total. The van der Waals surface area contributed by atoms with Crippen LogP contribution in [0.1, 0.15) is 58.8 Å². The fourth-order valence-corrected chi connectivity index (χ4v) is 2.71. The van der Waals surface area contributed by atoms with Gasteiger partial charge in [-0.3, -0.25) is 4.79 Å². The van der Waals surface area contributed by atoms with Gasteiger partial charge < -0.3 is 4.74 Å². The van der Waals surface area contributed by atoms with Gasteiger partial charge in [0.15, 0.2) is 0 Å². The highest BCUT2D eigenvalue weighted by Crippen LogP contribution is 2.36. The van der Waals surface area contributed by atoms with Crippen LogP contribution in [0, 0.1) is 5.41 Å². The summed E-state index contributed by atoms with van der Waals surface area (Å²) >= 11 is 0. The fraction of sp³-hybridized carbons (Fsp3) is 0.706. The third-order valence-electron chi connectivity index (χ3n) is 4.06. The first-order chi connectivity index (χ1) is 9.17. The van der Waals surface area contributed by atoms with Gasteiger partial charge in [0.2, 0.25) is 0 Å². The first-order valence-corrected chi connectivity index (χ1v) is 7.56. The third-order valence-corrected chi connectivity index (χ3v) is 4.06. The Kier molecular flexibility index (Phi) is 7.07. The van der Waals surface area contributed by atoms with Crippen molar-refractivity contribution in [2.24, 2.45) is 5.41 Å². The number of carbonyl (C=O) groups is 1. The van der Waals surface area contributed by atoms with Gasteiger partial charge in [-0.1, -0.05) is 62.8 Å². The molecule has 1 rings (SSSR count). The minimum absolute atomic E-state index is 0.312. The second kappa shape index (κ2) is 8.31. The van der Waals surface area contributed by atoms with Gasteiger partial charge in [-0.25, -0.2) is 0 Å². The van der Waals surface area contributed by atoms with E-state index >= 15 is 0 Å². The summed E-state index contributed by atoms with van der Waals surface area (Å²) in [4.78, 5) is 12.5. The van der Waals surface area contributed by atoms with Crippen molar-refractivity contribution in [2.75, 3.05) is 13.7 Å². The number of methoxy groups -OCH3 is 1. The van der Waals surface area contributed by atoms with Gasteiger partial charge in [0.25, 0.3) is 0 Å². The maximum absolute atomic E-state index is 12.5. The molecule has 0 saturated heterocycles. The fourth-order valence-electron chi connectivity index (χ4n) is 2.71. The third kappa shape index (κ3) is 4.31. The van der Waals surface area contributed by atoms with Crippen molar-refractivity contribution in [3.8, 4) is 0 Å². The molecule has 0 aliphatic heterocycles. The van der Waals surface area contributed by atoms with Gasteiger partial charge in [0, 0.05) is 13.5 Å². The average Bonchev–Trinajstić information content (AvgIpc) is 2.76. The van der Waals surface area contributed by atoms with Crippen LogP contribution in [0.4, 0.5) is 0 Å². The van der Waals surface area contributed by atoms with Gasteiger partial charge in [-0.2, -0.15) is 0 Å². The minimum atomic E-state index is -0.474. The second-order valence-corrected chi connectivity index (χ2v) is 5.55. The zero-order valence-corrected chi connectivity index (χ0v) is 12.7. The zero-order valence-electron chi connectivity index (χ0n) is 12.7. The van der Waals surface area contributed by atoms with Gasteiger partial charge in [-0.05, 0) is 13.3 Å². The Morgan fingerprint density at radius 2 is 1.89 bits per heavy atom. The lowest BCUT2D eigenvalue weighted by Gasteiger charge is -2.27. The molecule has 0 fully saturated rings. The Balaban J connectivity index is 2.38. The van der Waals surface area contributed by atoms with E-state index in [1.54, 1.807) is 7.11 Å². The largest absolute Gasteiger partial charge is 0.383 e. The smallest absolute Gasteiger partial charge is 0.149 e. The second-order valence-electron chi connectivity index (χ2n) is 5.55. The highest BCUT2D eigenvalue weighted by Gasteiger charge is 2.38. The maximum Gasteiger partial charge on any atom is 0.149 e. The lowest BCUT2D eigenvalue weighted by Crippen LogP contribution is -2.33. The Labute approximate surface area is 117 Å². The van der Waals surface area contributed by atoms with Crippen LogP contribution in [0.2, 0.25) is 0 Å². The van der Waals surface area contributed by atoms with Crippen molar-refractivity contribution in [1.82, 2.24) is 0 Å². The van der Waals surface area contributed by atoms with Gasteiger partial charge >= 0.3 is 0 Å². The molecule has 0 heterocycles. The highest BCUT2D eigenvalue weighted by molar-refractivity contribution is 5.91. The van der Waals surface area contributed by atoms with E-state index in [2.05, 4.69) is 6.92 Å². The molecule has 0 radical (unpaired) electrons. The van der Waals surface area contributed by atoms with Crippen LogP contribution in [-0.2, 0) is 9.53 Å². The summed E-state index contributed by atoms with van der Waals surface area (Å²) in [7, 11) is 1.67. The molecule has 1 aliphatic carbocycles. The lowest BCUT2D eigenvalue weighted by molar-refractivity contribution is -0.126. The van der Waals surface area contributed by atoms with E-state index in [9.17, 15) is 4.79 Å². The number of Topliss-reactive ketones (excluding diaryl/α,β-unsaturated/α-hetero) is 1. The van der Waals surface area contributed by atoms with Gasteiger partial charge in [0.1, 0.15) is 5.78 Å². The summed E-state index contributed by atoms with van der Waals surface area (Å²) in [5, 5.41) is 0. The number of unbranched alkanes of at least 4 members (excludes halogenated alkanes) is 5. The van der Waals surface area contributed by atoms with Crippen molar-refractivity contribution in [3.05, 3.63) is 23.8 Å². The predicted octanol–water partition coefficient (Wildman–Crippen LogP) is 4.46. The van der Waals surface area contributed by atoms with E-state index in [0.717, 1.165) is 12.0 Å². The Bertz CT molecular complexity index is 341. The minimum Gasteiger partial charge on any atom is -0.383 e. The van der Waals surface area contributed by atoms with Gasteiger partial charge in [-0.15, -0.1) is 0 Å². The normalized spacial score (nSPS) is 21.7. The monoisotopic (exact) mass is 264 g/mol. The molecule has 108 valence electrons. The summed E-state index contributed by atoms with van der Waals surface area (Å²) in [5.74, 6) is 0.312. The molecule has 2 heteroatoms. The topological polar surface area (TPSA) is 26.3 Å². The SMILES string of the molecule is CCCCCCCCC(=O)C1(COC)C=CC=C1C. The van der Waals surface area contributed by atoms with Crippen LogP contribution in [0.3, 0.4) is 0 Å².